The van der Waals surface area contributed by atoms with E-state index in [4.69, 9.17) is 9.47 Å². The van der Waals surface area contributed by atoms with E-state index in [9.17, 15) is 9.59 Å². The smallest absolute Gasteiger partial charge is 0.325 e. The van der Waals surface area contributed by atoms with Crippen molar-refractivity contribution in [1.29, 1.82) is 0 Å². The minimum atomic E-state index is -0.810. The van der Waals surface area contributed by atoms with Crippen molar-refractivity contribution in [3.8, 4) is 0 Å². The van der Waals surface area contributed by atoms with Gasteiger partial charge in [-0.15, -0.1) is 6.58 Å². The van der Waals surface area contributed by atoms with E-state index in [0.29, 0.717) is 26.2 Å². The van der Waals surface area contributed by atoms with Crippen molar-refractivity contribution in [1.82, 2.24) is 4.90 Å². The molecule has 1 fully saturated rings. The fraction of sp³-hybridized carbons (Fsp3) is 0.692. The van der Waals surface area contributed by atoms with E-state index in [1.54, 1.807) is 19.9 Å². The Hall–Kier alpha value is -1.36. The van der Waals surface area contributed by atoms with E-state index in [2.05, 4.69) is 6.58 Å². The standard InChI is InChI=1S/C13H21NO4/c1-4-8-14(10-11(15)17-5-2)12(16)13(3)7-6-9-18-13/h4H,1,5-10H2,2-3H3. The summed E-state index contributed by atoms with van der Waals surface area (Å²) < 4.78 is 10.3. The van der Waals surface area contributed by atoms with Crippen LogP contribution in [0.25, 0.3) is 0 Å². The van der Waals surface area contributed by atoms with Crippen molar-refractivity contribution in [2.24, 2.45) is 0 Å². The number of carbonyl (C=O) groups excluding carboxylic acids is 2. The van der Waals surface area contributed by atoms with Crippen LogP contribution in [0.15, 0.2) is 12.7 Å². The van der Waals surface area contributed by atoms with Gasteiger partial charge in [-0.05, 0) is 26.7 Å². The first-order valence-corrected chi connectivity index (χ1v) is 6.23. The number of carbonyl (C=O) groups is 2. The second-order valence-electron chi connectivity index (χ2n) is 4.46. The normalized spacial score (nSPS) is 22.6. The highest BCUT2D eigenvalue weighted by Crippen LogP contribution is 2.27. The first kappa shape index (κ1) is 14.7. The van der Waals surface area contributed by atoms with Crippen LogP contribution in [0, 0.1) is 0 Å². The molecule has 18 heavy (non-hydrogen) atoms. The molecule has 1 aliphatic rings. The third-order valence-corrected chi connectivity index (χ3v) is 2.93. The average molecular weight is 255 g/mol. The van der Waals surface area contributed by atoms with Gasteiger partial charge < -0.3 is 14.4 Å². The van der Waals surface area contributed by atoms with Crippen molar-refractivity contribution in [3.63, 3.8) is 0 Å². The Kier molecular flexibility index (Phi) is 5.34. The van der Waals surface area contributed by atoms with Gasteiger partial charge >= 0.3 is 5.97 Å². The summed E-state index contributed by atoms with van der Waals surface area (Å²) in [7, 11) is 0. The zero-order valence-corrected chi connectivity index (χ0v) is 11.1. The number of rotatable bonds is 6. The summed E-state index contributed by atoms with van der Waals surface area (Å²) in [6.07, 6.45) is 3.14. The number of hydrogen-bond acceptors (Lipinski definition) is 4. The van der Waals surface area contributed by atoms with Crippen LogP contribution < -0.4 is 0 Å². The maximum absolute atomic E-state index is 12.3. The summed E-state index contributed by atoms with van der Waals surface area (Å²) in [5.74, 6) is -0.581. The first-order chi connectivity index (χ1) is 8.53. The average Bonchev–Trinajstić information content (AvgIpc) is 2.76. The van der Waals surface area contributed by atoms with Crippen molar-refractivity contribution in [2.45, 2.75) is 32.3 Å². The fourth-order valence-electron chi connectivity index (χ4n) is 2.02. The van der Waals surface area contributed by atoms with Crippen molar-refractivity contribution >= 4 is 11.9 Å². The van der Waals surface area contributed by atoms with Crippen LogP contribution >= 0.6 is 0 Å². The Morgan fingerprint density at radius 3 is 2.78 bits per heavy atom. The van der Waals surface area contributed by atoms with Crippen LogP contribution in [0.1, 0.15) is 26.7 Å². The van der Waals surface area contributed by atoms with Crippen LogP contribution in [0.3, 0.4) is 0 Å². The molecule has 1 atom stereocenters. The molecule has 1 saturated heterocycles. The lowest BCUT2D eigenvalue weighted by molar-refractivity contribution is -0.157. The van der Waals surface area contributed by atoms with Crippen molar-refractivity contribution < 1.29 is 19.1 Å². The Morgan fingerprint density at radius 2 is 2.28 bits per heavy atom. The van der Waals surface area contributed by atoms with Crippen LogP contribution in [0.4, 0.5) is 0 Å². The molecule has 5 nitrogen and oxygen atoms in total. The maximum atomic E-state index is 12.3. The highest BCUT2D eigenvalue weighted by molar-refractivity contribution is 5.88. The summed E-state index contributed by atoms with van der Waals surface area (Å²) in [4.78, 5) is 25.2. The number of hydrogen-bond donors (Lipinski definition) is 0. The van der Waals surface area contributed by atoms with Gasteiger partial charge in [0.15, 0.2) is 0 Å². The highest BCUT2D eigenvalue weighted by atomic mass is 16.5. The van der Waals surface area contributed by atoms with Gasteiger partial charge in [0.1, 0.15) is 12.1 Å². The Morgan fingerprint density at radius 1 is 1.56 bits per heavy atom. The molecule has 5 heteroatoms. The van der Waals surface area contributed by atoms with Crippen LogP contribution in [0.5, 0.6) is 0 Å². The van der Waals surface area contributed by atoms with Gasteiger partial charge in [0, 0.05) is 13.2 Å². The van der Waals surface area contributed by atoms with Gasteiger partial charge in [0.05, 0.1) is 6.61 Å². The van der Waals surface area contributed by atoms with E-state index in [0.717, 1.165) is 6.42 Å². The second kappa shape index (κ2) is 6.54. The highest BCUT2D eigenvalue weighted by Gasteiger charge is 2.40. The molecular formula is C13H21NO4. The fourth-order valence-corrected chi connectivity index (χ4v) is 2.02. The van der Waals surface area contributed by atoms with E-state index in [1.165, 1.54) is 4.90 Å². The maximum Gasteiger partial charge on any atom is 0.325 e. The second-order valence-corrected chi connectivity index (χ2v) is 4.46. The minimum Gasteiger partial charge on any atom is -0.465 e. The number of amides is 1. The summed E-state index contributed by atoms with van der Waals surface area (Å²) in [6.45, 7) is 8.25. The van der Waals surface area contributed by atoms with Crippen LogP contribution in [0.2, 0.25) is 0 Å². The molecule has 0 aromatic rings. The molecule has 1 heterocycles. The van der Waals surface area contributed by atoms with Gasteiger partial charge in [-0.2, -0.15) is 0 Å². The van der Waals surface area contributed by atoms with Gasteiger partial charge in [0.2, 0.25) is 0 Å². The summed E-state index contributed by atoms with van der Waals surface area (Å²) in [6, 6.07) is 0. The molecular weight excluding hydrogens is 234 g/mol. The van der Waals surface area contributed by atoms with Crippen molar-refractivity contribution in [3.05, 3.63) is 12.7 Å². The summed E-state index contributed by atoms with van der Waals surface area (Å²) in [5.41, 5.74) is -0.810. The molecule has 1 amide bonds. The van der Waals surface area contributed by atoms with Crippen LogP contribution in [-0.2, 0) is 19.1 Å². The molecule has 0 spiro atoms. The Balaban J connectivity index is 2.68. The first-order valence-electron chi connectivity index (χ1n) is 6.23. The molecule has 0 radical (unpaired) electrons. The van der Waals surface area contributed by atoms with Crippen LogP contribution in [-0.4, -0.2) is 48.7 Å². The third-order valence-electron chi connectivity index (χ3n) is 2.93. The van der Waals surface area contributed by atoms with E-state index in [1.807, 2.05) is 0 Å². The number of nitrogens with zero attached hydrogens (tertiary/aromatic N) is 1. The molecule has 0 aromatic carbocycles. The predicted octanol–water partition coefficient (Wildman–Crippen LogP) is 1.13. The molecule has 0 aromatic heterocycles. The lowest BCUT2D eigenvalue weighted by atomic mass is 10.0. The lowest BCUT2D eigenvalue weighted by Crippen LogP contribution is -2.48. The molecule has 0 saturated carbocycles. The van der Waals surface area contributed by atoms with E-state index in [-0.39, 0.29) is 12.5 Å². The molecule has 0 bridgehead atoms. The van der Waals surface area contributed by atoms with Gasteiger partial charge in [-0.25, -0.2) is 0 Å². The topological polar surface area (TPSA) is 55.8 Å². The summed E-state index contributed by atoms with van der Waals surface area (Å²) >= 11 is 0. The van der Waals surface area contributed by atoms with Crippen molar-refractivity contribution in [2.75, 3.05) is 26.3 Å². The molecule has 0 N–H and O–H groups in total. The zero-order chi connectivity index (χ0) is 13.6. The molecule has 1 unspecified atom stereocenters. The monoisotopic (exact) mass is 255 g/mol. The Bertz CT molecular complexity index is 321. The van der Waals surface area contributed by atoms with Gasteiger partial charge in [0.25, 0.3) is 5.91 Å². The SMILES string of the molecule is C=CCN(CC(=O)OCC)C(=O)C1(C)CCCO1. The molecule has 102 valence electrons. The quantitative estimate of drug-likeness (QED) is 0.527. The van der Waals surface area contributed by atoms with E-state index < -0.39 is 11.6 Å². The van der Waals surface area contributed by atoms with Gasteiger partial charge in [-0.1, -0.05) is 6.08 Å². The third kappa shape index (κ3) is 3.57. The Labute approximate surface area is 108 Å². The molecule has 1 aliphatic heterocycles. The predicted molar refractivity (Wildman–Crippen MR) is 67.0 cm³/mol. The largest absolute Gasteiger partial charge is 0.465 e. The minimum absolute atomic E-state index is 0.0579. The number of esters is 1. The zero-order valence-electron chi connectivity index (χ0n) is 11.1. The van der Waals surface area contributed by atoms with Gasteiger partial charge in [-0.3, -0.25) is 9.59 Å². The van der Waals surface area contributed by atoms with E-state index >= 15 is 0 Å². The number of ether oxygens (including phenoxy) is 2. The lowest BCUT2D eigenvalue weighted by Gasteiger charge is -2.29. The molecule has 1 rings (SSSR count). The summed E-state index contributed by atoms with van der Waals surface area (Å²) in [5, 5.41) is 0. The molecule has 0 aliphatic carbocycles.